The molecule has 0 atom stereocenters. The van der Waals surface area contributed by atoms with E-state index < -0.39 is 0 Å². The van der Waals surface area contributed by atoms with Crippen molar-refractivity contribution in [2.24, 2.45) is 7.05 Å². The summed E-state index contributed by atoms with van der Waals surface area (Å²) in [5.41, 5.74) is 13.4. The minimum absolute atomic E-state index is 0.490. The highest BCUT2D eigenvalue weighted by atomic mass is 16.3. The van der Waals surface area contributed by atoms with Gasteiger partial charge in [-0.1, -0.05) is 68.4 Å². The maximum Gasteiger partial charge on any atom is 0.216 e. The summed E-state index contributed by atoms with van der Waals surface area (Å²) in [6.07, 6.45) is 2.17. The second-order valence-electron chi connectivity index (χ2n) is 11.2. The highest BCUT2D eigenvalue weighted by Crippen LogP contribution is 2.42. The zero-order chi connectivity index (χ0) is 28.1. The molecule has 40 heavy (non-hydrogen) atoms. The van der Waals surface area contributed by atoms with Crippen molar-refractivity contribution < 1.29 is 8.98 Å². The largest absolute Gasteiger partial charge is 0.454 e. The molecule has 2 heterocycles. The van der Waals surface area contributed by atoms with Gasteiger partial charge in [0.1, 0.15) is 18.2 Å². The van der Waals surface area contributed by atoms with Crippen LogP contribution in [0.25, 0.3) is 55.4 Å². The van der Waals surface area contributed by atoms with Crippen molar-refractivity contribution in [1.29, 1.82) is 5.26 Å². The van der Waals surface area contributed by atoms with Crippen molar-refractivity contribution >= 4 is 21.9 Å². The third-order valence-corrected chi connectivity index (χ3v) is 8.20. The van der Waals surface area contributed by atoms with Gasteiger partial charge in [-0.3, -0.25) is 0 Å². The molecule has 0 fully saturated rings. The summed E-state index contributed by atoms with van der Waals surface area (Å²) in [7, 11) is 2.08. The van der Waals surface area contributed by atoms with Crippen LogP contribution in [-0.2, 0) is 7.05 Å². The highest BCUT2D eigenvalue weighted by Gasteiger charge is 2.24. The molecule has 2 aromatic heterocycles. The quantitative estimate of drug-likeness (QED) is 0.217. The second-order valence-corrected chi connectivity index (χ2v) is 11.2. The van der Waals surface area contributed by atoms with Gasteiger partial charge in [-0.05, 0) is 78.3 Å². The number of pyridine rings is 1. The van der Waals surface area contributed by atoms with Crippen molar-refractivity contribution in [1.82, 2.24) is 0 Å². The molecule has 0 N–H and O–H groups in total. The average Bonchev–Trinajstić information content (AvgIpc) is 3.33. The summed E-state index contributed by atoms with van der Waals surface area (Å²) in [5, 5.41) is 12.2. The first-order chi connectivity index (χ1) is 19.3. The molecule has 6 aromatic rings. The summed E-state index contributed by atoms with van der Waals surface area (Å²) in [4.78, 5) is 0. The number of rotatable bonds is 4. The zero-order valence-corrected chi connectivity index (χ0v) is 24.0. The van der Waals surface area contributed by atoms with E-state index in [1.807, 2.05) is 12.1 Å². The van der Waals surface area contributed by atoms with Crippen LogP contribution in [0.4, 0.5) is 0 Å². The number of nitrogens with zero attached hydrogens (tertiary/aromatic N) is 2. The molecular formula is C37H33N2O+. The number of furan rings is 1. The fourth-order valence-corrected chi connectivity index (χ4v) is 5.75. The van der Waals surface area contributed by atoms with E-state index in [0.717, 1.165) is 61.0 Å². The van der Waals surface area contributed by atoms with Gasteiger partial charge in [0.05, 0.1) is 17.2 Å². The van der Waals surface area contributed by atoms with Gasteiger partial charge in [0, 0.05) is 28.0 Å². The standard InChI is InChI=1S/C37H33N2O/c1-22(2)26-11-13-27(14-12-26)28-8-7-9-29(19-28)35-30(20-38)15-17-32-31-16-10-23(3)34(36(31)40-37(32)35)33-18-24(4)25(5)21-39(33)6/h7-19,21-22H,1-6H3/q+1. The number of aromatic nitrogens is 1. The first-order valence-electron chi connectivity index (χ1n) is 13.8. The molecule has 0 saturated carbocycles. The highest BCUT2D eigenvalue weighted by molar-refractivity contribution is 6.14. The molecule has 0 aliphatic rings. The predicted molar refractivity (Wildman–Crippen MR) is 164 cm³/mol. The fourth-order valence-electron chi connectivity index (χ4n) is 5.75. The van der Waals surface area contributed by atoms with Crippen LogP contribution in [0.3, 0.4) is 0 Å². The monoisotopic (exact) mass is 521 g/mol. The minimum atomic E-state index is 0.490. The molecule has 0 aliphatic heterocycles. The first-order valence-corrected chi connectivity index (χ1v) is 13.8. The van der Waals surface area contributed by atoms with E-state index in [9.17, 15) is 5.26 Å². The maximum absolute atomic E-state index is 10.2. The Kier molecular flexibility index (Phi) is 6.28. The molecule has 3 heteroatoms. The number of nitriles is 1. The second kappa shape index (κ2) is 9.81. The van der Waals surface area contributed by atoms with Gasteiger partial charge in [0.2, 0.25) is 5.69 Å². The lowest BCUT2D eigenvalue weighted by molar-refractivity contribution is -0.660. The van der Waals surface area contributed by atoms with Crippen LogP contribution >= 0.6 is 0 Å². The summed E-state index contributed by atoms with van der Waals surface area (Å²) in [6.45, 7) is 10.8. The van der Waals surface area contributed by atoms with Gasteiger partial charge in [-0.15, -0.1) is 0 Å². The Labute approximate surface area is 236 Å². The van der Waals surface area contributed by atoms with E-state index in [2.05, 4.69) is 125 Å². The average molecular weight is 522 g/mol. The molecule has 196 valence electrons. The summed E-state index contributed by atoms with van der Waals surface area (Å²) < 4.78 is 8.97. The van der Waals surface area contributed by atoms with Crippen LogP contribution in [0.2, 0.25) is 0 Å². The number of hydrogen-bond acceptors (Lipinski definition) is 2. The zero-order valence-electron chi connectivity index (χ0n) is 24.0. The van der Waals surface area contributed by atoms with Gasteiger partial charge in [0.25, 0.3) is 0 Å². The molecule has 0 radical (unpaired) electrons. The van der Waals surface area contributed by atoms with E-state index in [0.29, 0.717) is 11.5 Å². The Morgan fingerprint density at radius 2 is 1.38 bits per heavy atom. The fraction of sp³-hybridized carbons (Fsp3) is 0.189. The van der Waals surface area contributed by atoms with Crippen LogP contribution in [0, 0.1) is 32.1 Å². The third-order valence-electron chi connectivity index (χ3n) is 8.20. The normalized spacial score (nSPS) is 11.4. The van der Waals surface area contributed by atoms with Crippen LogP contribution in [0.1, 0.15) is 47.6 Å². The predicted octanol–water partition coefficient (Wildman–Crippen LogP) is 9.33. The Morgan fingerprint density at radius 1 is 0.700 bits per heavy atom. The molecule has 0 saturated heterocycles. The van der Waals surface area contributed by atoms with E-state index in [1.165, 1.54) is 16.7 Å². The van der Waals surface area contributed by atoms with Gasteiger partial charge in [0.15, 0.2) is 6.20 Å². The molecule has 0 spiro atoms. The van der Waals surface area contributed by atoms with Crippen LogP contribution in [0.15, 0.2) is 89.5 Å². The first kappa shape index (κ1) is 25.6. The molecule has 4 aromatic carbocycles. The van der Waals surface area contributed by atoms with Crippen molar-refractivity contribution in [3.05, 3.63) is 113 Å². The van der Waals surface area contributed by atoms with E-state index in [4.69, 9.17) is 4.42 Å². The van der Waals surface area contributed by atoms with E-state index in [-0.39, 0.29) is 0 Å². The van der Waals surface area contributed by atoms with Crippen LogP contribution < -0.4 is 4.57 Å². The van der Waals surface area contributed by atoms with Crippen molar-refractivity contribution in [2.75, 3.05) is 0 Å². The van der Waals surface area contributed by atoms with E-state index in [1.54, 1.807) is 0 Å². The summed E-state index contributed by atoms with van der Waals surface area (Å²) in [6, 6.07) is 30.1. The third kappa shape index (κ3) is 4.17. The van der Waals surface area contributed by atoms with Crippen molar-refractivity contribution in [2.45, 2.75) is 40.5 Å². The van der Waals surface area contributed by atoms with Crippen molar-refractivity contribution in [3.8, 4) is 39.6 Å². The molecule has 0 bridgehead atoms. The molecule has 6 rings (SSSR count). The number of fused-ring (bicyclic) bond motifs is 3. The van der Waals surface area contributed by atoms with Gasteiger partial charge in [-0.25, -0.2) is 4.57 Å². The van der Waals surface area contributed by atoms with Gasteiger partial charge in [-0.2, -0.15) is 5.26 Å². The minimum Gasteiger partial charge on any atom is -0.454 e. The lowest BCUT2D eigenvalue weighted by atomic mass is 9.93. The Balaban J connectivity index is 1.60. The number of hydrogen-bond donors (Lipinski definition) is 0. The lowest BCUT2D eigenvalue weighted by Crippen LogP contribution is -2.31. The Bertz CT molecular complexity index is 1970. The SMILES string of the molecule is Cc1cc(-c2c(C)ccc3c2oc2c(-c4cccc(-c5ccc(C(C)C)cc5)c4)c(C#N)ccc23)[n+](C)cc1C. The molecule has 3 nitrogen and oxygen atoms in total. The summed E-state index contributed by atoms with van der Waals surface area (Å²) >= 11 is 0. The van der Waals surface area contributed by atoms with Gasteiger partial charge < -0.3 is 4.42 Å². The van der Waals surface area contributed by atoms with E-state index >= 15 is 0 Å². The maximum atomic E-state index is 10.2. The number of aryl methyl sites for hydroxylation is 4. The Hall–Kier alpha value is -4.68. The number of benzene rings is 4. The molecular weight excluding hydrogens is 488 g/mol. The summed E-state index contributed by atoms with van der Waals surface area (Å²) in [5.74, 6) is 0.490. The lowest BCUT2D eigenvalue weighted by Gasteiger charge is -2.10. The molecule has 0 aliphatic carbocycles. The van der Waals surface area contributed by atoms with Crippen molar-refractivity contribution in [3.63, 3.8) is 0 Å². The Morgan fingerprint density at radius 3 is 2.08 bits per heavy atom. The van der Waals surface area contributed by atoms with Crippen LogP contribution in [-0.4, -0.2) is 0 Å². The molecule has 0 unspecified atom stereocenters. The molecule has 0 amide bonds. The smallest absolute Gasteiger partial charge is 0.216 e. The van der Waals surface area contributed by atoms with Gasteiger partial charge >= 0.3 is 0 Å². The topological polar surface area (TPSA) is 40.8 Å². The van der Waals surface area contributed by atoms with Crippen LogP contribution in [0.5, 0.6) is 0 Å².